The van der Waals surface area contributed by atoms with Gasteiger partial charge in [0.15, 0.2) is 5.76 Å². The molecule has 11 heteroatoms. The van der Waals surface area contributed by atoms with E-state index in [0.717, 1.165) is 58.8 Å². The Kier molecular flexibility index (Phi) is 7.53. The molecule has 0 aliphatic carbocycles. The van der Waals surface area contributed by atoms with E-state index in [9.17, 15) is 18.0 Å². The number of aryl methyl sites for hydroxylation is 1. The number of hydrogen-bond acceptors (Lipinski definition) is 6. The summed E-state index contributed by atoms with van der Waals surface area (Å²) >= 11 is 0. The Morgan fingerprint density at radius 2 is 1.73 bits per heavy atom. The summed E-state index contributed by atoms with van der Waals surface area (Å²) in [5.41, 5.74) is 6.19. The molecule has 1 saturated heterocycles. The van der Waals surface area contributed by atoms with Crippen molar-refractivity contribution in [2.24, 2.45) is 5.92 Å². The number of rotatable bonds is 6. The van der Waals surface area contributed by atoms with E-state index in [2.05, 4.69) is 47.3 Å². The van der Waals surface area contributed by atoms with Crippen LogP contribution in [0.15, 0.2) is 47.0 Å². The summed E-state index contributed by atoms with van der Waals surface area (Å²) in [5, 5.41) is 20.5. The average Bonchev–Trinajstić information content (AvgIpc) is 3.26. The van der Waals surface area contributed by atoms with Crippen LogP contribution >= 0.6 is 0 Å². The van der Waals surface area contributed by atoms with E-state index in [1.807, 2.05) is 12.1 Å². The van der Waals surface area contributed by atoms with Gasteiger partial charge >= 0.3 is 18.1 Å². The van der Waals surface area contributed by atoms with Crippen LogP contribution in [0.2, 0.25) is 0 Å². The third kappa shape index (κ3) is 5.93. The summed E-state index contributed by atoms with van der Waals surface area (Å²) in [6.07, 6.45) is -2.89. The Hall–Kier alpha value is -3.86. The second-order valence-electron chi connectivity index (χ2n) is 8.94. The van der Waals surface area contributed by atoms with Crippen molar-refractivity contribution in [2.45, 2.75) is 39.1 Å². The smallest absolute Gasteiger partial charge is 0.488 e. The van der Waals surface area contributed by atoms with Crippen molar-refractivity contribution in [3.63, 3.8) is 0 Å². The van der Waals surface area contributed by atoms with Gasteiger partial charge in [-0.2, -0.15) is 13.2 Å². The lowest BCUT2D eigenvalue weighted by atomic mass is 9.97. The van der Waals surface area contributed by atoms with Gasteiger partial charge < -0.3 is 19.5 Å². The minimum absolute atomic E-state index is 0.244. The molecule has 0 unspecified atom stereocenters. The number of halogens is 3. The normalized spacial score (nSPS) is 14.9. The maximum atomic E-state index is 11.0. The number of carbonyl (C=O) groups is 2. The van der Waals surface area contributed by atoms with Crippen molar-refractivity contribution in [3.05, 3.63) is 59.2 Å². The first kappa shape index (κ1) is 26.2. The Balaban J connectivity index is 0.000000405. The maximum absolute atomic E-state index is 11.0. The molecule has 0 radical (unpaired) electrons. The quantitative estimate of drug-likeness (QED) is 0.469. The molecule has 1 fully saturated rings. The summed E-state index contributed by atoms with van der Waals surface area (Å²) in [6, 6.07) is 14.6. The van der Waals surface area contributed by atoms with Crippen molar-refractivity contribution in [2.75, 3.05) is 13.1 Å². The Morgan fingerprint density at radius 3 is 2.32 bits per heavy atom. The molecule has 5 rings (SSSR count). The minimum atomic E-state index is -5.08. The highest BCUT2D eigenvalue weighted by Crippen LogP contribution is 2.41. The van der Waals surface area contributed by atoms with Crippen LogP contribution in [0, 0.1) is 5.92 Å². The number of aliphatic carboxylic acids is 2. The predicted molar refractivity (Wildman–Crippen MR) is 126 cm³/mol. The molecule has 0 atom stereocenters. The van der Waals surface area contributed by atoms with Gasteiger partial charge in [-0.05, 0) is 29.7 Å². The summed E-state index contributed by atoms with van der Waals surface area (Å²) in [4.78, 5) is 22.0. The van der Waals surface area contributed by atoms with Crippen molar-refractivity contribution in [1.29, 1.82) is 0 Å². The fraction of sp³-hybridized carbons (Fsp3) is 0.346. The van der Waals surface area contributed by atoms with E-state index in [1.165, 1.54) is 5.56 Å². The molecular formula is C26H25F3N2O6. The van der Waals surface area contributed by atoms with Gasteiger partial charge in [-0.1, -0.05) is 48.8 Å². The van der Waals surface area contributed by atoms with Gasteiger partial charge in [0.1, 0.15) is 18.1 Å². The molecule has 0 saturated carbocycles. The number of fused-ring (bicyclic) bond motifs is 3. The summed E-state index contributed by atoms with van der Waals surface area (Å²) in [7, 11) is 0. The Labute approximate surface area is 210 Å². The molecule has 3 heterocycles. The molecule has 2 aromatic carbocycles. The minimum Gasteiger partial charge on any atom is -0.488 e. The number of aromatic nitrogens is 1. The van der Waals surface area contributed by atoms with Crippen molar-refractivity contribution in [1.82, 2.24) is 10.1 Å². The van der Waals surface area contributed by atoms with E-state index in [1.54, 1.807) is 0 Å². The number of carboxylic acids is 2. The highest BCUT2D eigenvalue weighted by Gasteiger charge is 2.38. The molecule has 2 N–H and O–H groups in total. The fourth-order valence-corrected chi connectivity index (χ4v) is 4.24. The maximum Gasteiger partial charge on any atom is 0.490 e. The van der Waals surface area contributed by atoms with E-state index in [4.69, 9.17) is 24.3 Å². The van der Waals surface area contributed by atoms with Crippen molar-refractivity contribution in [3.8, 4) is 28.3 Å². The van der Waals surface area contributed by atoms with Crippen LogP contribution in [0.3, 0.4) is 0 Å². The third-order valence-corrected chi connectivity index (χ3v) is 6.17. The van der Waals surface area contributed by atoms with Gasteiger partial charge in [-0.15, -0.1) is 0 Å². The number of likely N-dealkylation sites (tertiary alicyclic amines) is 1. The molecule has 0 spiro atoms. The number of nitrogens with zero attached hydrogens (tertiary/aromatic N) is 2. The van der Waals surface area contributed by atoms with E-state index < -0.39 is 18.1 Å². The van der Waals surface area contributed by atoms with Crippen LogP contribution in [-0.2, 0) is 29.2 Å². The summed E-state index contributed by atoms with van der Waals surface area (Å²) in [5.74, 6) is -2.15. The van der Waals surface area contributed by atoms with Crippen molar-refractivity contribution >= 4 is 11.9 Å². The van der Waals surface area contributed by atoms with Crippen LogP contribution in [0.1, 0.15) is 30.0 Å². The largest absolute Gasteiger partial charge is 0.490 e. The van der Waals surface area contributed by atoms with Gasteiger partial charge in [0.2, 0.25) is 0 Å². The van der Waals surface area contributed by atoms with Gasteiger partial charge in [0, 0.05) is 30.8 Å². The number of alkyl halides is 3. The second-order valence-corrected chi connectivity index (χ2v) is 8.94. The first-order valence-corrected chi connectivity index (χ1v) is 11.7. The molecule has 0 amide bonds. The molecule has 1 aromatic heterocycles. The van der Waals surface area contributed by atoms with Gasteiger partial charge in [-0.3, -0.25) is 9.69 Å². The Bertz CT molecular complexity index is 1280. The van der Waals surface area contributed by atoms with Gasteiger partial charge in [0.05, 0.1) is 11.5 Å². The van der Waals surface area contributed by atoms with E-state index in [0.29, 0.717) is 19.7 Å². The number of hydrogen-bond donors (Lipinski definition) is 2. The lowest BCUT2D eigenvalue weighted by molar-refractivity contribution is -0.192. The molecule has 2 aliphatic rings. The van der Waals surface area contributed by atoms with Gasteiger partial charge in [0.25, 0.3) is 0 Å². The fourth-order valence-electron chi connectivity index (χ4n) is 4.24. The van der Waals surface area contributed by atoms with Crippen LogP contribution in [-0.4, -0.2) is 51.5 Å². The SMILES string of the molecule is CCCc1ccc(-c2onc3c2COc2cc(CN4CC(C(=O)O)C4)ccc2-3)cc1.O=C(O)C(F)(F)F. The first-order chi connectivity index (χ1) is 17.6. The predicted octanol–water partition coefficient (Wildman–Crippen LogP) is 5.00. The zero-order valence-electron chi connectivity index (χ0n) is 19.9. The zero-order chi connectivity index (χ0) is 26.7. The molecule has 37 heavy (non-hydrogen) atoms. The van der Waals surface area contributed by atoms with Crippen LogP contribution in [0.5, 0.6) is 5.75 Å². The highest BCUT2D eigenvalue weighted by molar-refractivity contribution is 5.78. The van der Waals surface area contributed by atoms with E-state index in [-0.39, 0.29) is 5.92 Å². The Morgan fingerprint density at radius 1 is 1.08 bits per heavy atom. The number of carboxylic acid groups (broad SMARTS) is 2. The number of ether oxygens (including phenoxy) is 1. The monoisotopic (exact) mass is 518 g/mol. The zero-order valence-corrected chi connectivity index (χ0v) is 19.9. The van der Waals surface area contributed by atoms with Crippen LogP contribution in [0.4, 0.5) is 13.2 Å². The van der Waals surface area contributed by atoms with Crippen LogP contribution < -0.4 is 4.74 Å². The molecular weight excluding hydrogens is 493 g/mol. The molecule has 196 valence electrons. The first-order valence-electron chi connectivity index (χ1n) is 11.7. The van der Waals surface area contributed by atoms with Gasteiger partial charge in [-0.25, -0.2) is 4.79 Å². The number of benzene rings is 2. The van der Waals surface area contributed by atoms with Crippen molar-refractivity contribution < 1.29 is 42.2 Å². The standard InChI is InChI=1S/C24H24N2O4.C2HF3O2/c1-2-3-15-4-7-17(8-5-15)23-20-14-29-21-10-16(6-9-19(21)22(20)25-30-23)11-26-12-18(13-26)24(27)28;3-2(4,5)1(6)7/h4-10,18H,2-3,11-14H2,1H3,(H,27,28);(H,6,7). The molecule has 0 bridgehead atoms. The second kappa shape index (κ2) is 10.6. The lowest BCUT2D eigenvalue weighted by Gasteiger charge is -2.36. The average molecular weight is 518 g/mol. The molecule has 3 aromatic rings. The molecule has 8 nitrogen and oxygen atoms in total. The lowest BCUT2D eigenvalue weighted by Crippen LogP contribution is -2.49. The molecule has 2 aliphatic heterocycles. The summed E-state index contributed by atoms with van der Waals surface area (Å²) < 4.78 is 43.5. The van der Waals surface area contributed by atoms with Crippen LogP contribution in [0.25, 0.3) is 22.6 Å². The van der Waals surface area contributed by atoms with E-state index >= 15 is 0 Å². The summed E-state index contributed by atoms with van der Waals surface area (Å²) in [6.45, 7) is 4.52. The third-order valence-electron chi connectivity index (χ3n) is 6.17. The highest BCUT2D eigenvalue weighted by atomic mass is 19.4. The topological polar surface area (TPSA) is 113 Å².